The minimum atomic E-state index is -4.76. The molecule has 3 nitrogen and oxygen atoms in total. The van der Waals surface area contributed by atoms with Crippen LogP contribution in [0.1, 0.15) is 25.5 Å². The molecule has 1 atom stereocenters. The van der Waals surface area contributed by atoms with Crippen molar-refractivity contribution >= 4 is 0 Å². The zero-order valence-electron chi connectivity index (χ0n) is 10.2. The van der Waals surface area contributed by atoms with Crippen LogP contribution in [0.25, 0.3) is 0 Å². The first-order valence-corrected chi connectivity index (χ1v) is 5.38. The molecule has 0 aliphatic heterocycles. The van der Waals surface area contributed by atoms with Crippen LogP contribution in [-0.4, -0.2) is 18.1 Å². The minimum Gasteiger partial charge on any atom is -0.405 e. The maximum atomic E-state index is 12.3. The second-order valence-electron chi connectivity index (χ2n) is 4.71. The van der Waals surface area contributed by atoms with Gasteiger partial charge in [-0.15, -0.1) is 13.2 Å². The fraction of sp³-hybridized carbons (Fsp3) is 0.500. The molecule has 0 radical (unpaired) electrons. The molecule has 0 spiro atoms. The highest BCUT2D eigenvalue weighted by Crippen LogP contribution is 2.37. The van der Waals surface area contributed by atoms with Gasteiger partial charge in [-0.2, -0.15) is 0 Å². The van der Waals surface area contributed by atoms with Crippen LogP contribution >= 0.6 is 0 Å². The zero-order chi connectivity index (χ0) is 14.0. The maximum Gasteiger partial charge on any atom is 0.573 e. The summed E-state index contributed by atoms with van der Waals surface area (Å²) in [4.78, 5) is 0. The van der Waals surface area contributed by atoms with Crippen LogP contribution in [-0.2, 0) is 0 Å². The van der Waals surface area contributed by atoms with Gasteiger partial charge in [-0.25, -0.2) is 0 Å². The van der Waals surface area contributed by atoms with Gasteiger partial charge in [0.25, 0.3) is 0 Å². The van der Waals surface area contributed by atoms with Crippen molar-refractivity contribution in [2.45, 2.75) is 26.3 Å². The van der Waals surface area contributed by atoms with Crippen LogP contribution in [0, 0.1) is 5.41 Å². The van der Waals surface area contributed by atoms with E-state index in [9.17, 15) is 18.3 Å². The molecule has 0 unspecified atom stereocenters. The van der Waals surface area contributed by atoms with Gasteiger partial charge >= 0.3 is 6.36 Å². The Morgan fingerprint density at radius 3 is 2.33 bits per heavy atom. The Labute approximate surface area is 103 Å². The predicted molar refractivity (Wildman–Crippen MR) is 60.9 cm³/mol. The van der Waals surface area contributed by atoms with Crippen molar-refractivity contribution < 1.29 is 23.0 Å². The smallest absolute Gasteiger partial charge is 0.405 e. The van der Waals surface area contributed by atoms with Crippen LogP contribution in [0.3, 0.4) is 0 Å². The van der Waals surface area contributed by atoms with E-state index in [2.05, 4.69) is 4.74 Å². The van der Waals surface area contributed by atoms with Crippen molar-refractivity contribution in [3.63, 3.8) is 0 Å². The van der Waals surface area contributed by atoms with Crippen molar-refractivity contribution in [3.8, 4) is 5.75 Å². The molecule has 1 aromatic rings. The summed E-state index contributed by atoms with van der Waals surface area (Å²) in [6, 6.07) is 4.91. The summed E-state index contributed by atoms with van der Waals surface area (Å²) < 4.78 is 40.7. The number of hydrogen-bond donors (Lipinski definition) is 2. The van der Waals surface area contributed by atoms with Crippen LogP contribution in [0.2, 0.25) is 0 Å². The lowest BCUT2D eigenvalue weighted by Gasteiger charge is -2.30. The van der Waals surface area contributed by atoms with Gasteiger partial charge < -0.3 is 15.6 Å². The molecule has 1 aromatic carbocycles. The van der Waals surface area contributed by atoms with Gasteiger partial charge in [0.05, 0.1) is 0 Å². The molecular formula is C12H16F3NO2. The third kappa shape index (κ3) is 3.61. The van der Waals surface area contributed by atoms with Gasteiger partial charge in [0.1, 0.15) is 5.75 Å². The van der Waals surface area contributed by atoms with Crippen LogP contribution in [0.5, 0.6) is 5.75 Å². The van der Waals surface area contributed by atoms with E-state index in [0.717, 1.165) is 0 Å². The summed E-state index contributed by atoms with van der Waals surface area (Å²) in [5.41, 5.74) is 5.37. The van der Waals surface area contributed by atoms with Crippen LogP contribution in [0.4, 0.5) is 13.2 Å². The van der Waals surface area contributed by atoms with E-state index in [4.69, 9.17) is 5.73 Å². The Kier molecular flexibility index (Phi) is 4.24. The van der Waals surface area contributed by atoms with Crippen LogP contribution < -0.4 is 10.5 Å². The normalized spacial score (nSPS) is 14.4. The molecule has 0 heterocycles. The highest BCUT2D eigenvalue weighted by Gasteiger charge is 2.35. The number of alkyl halides is 3. The van der Waals surface area contributed by atoms with Gasteiger partial charge in [0.2, 0.25) is 0 Å². The zero-order valence-corrected chi connectivity index (χ0v) is 10.2. The summed E-state index contributed by atoms with van der Waals surface area (Å²) in [5.74, 6) is -0.334. The molecule has 0 saturated carbocycles. The summed E-state index contributed by atoms with van der Waals surface area (Å²) in [5, 5.41) is 9.21. The Hall–Kier alpha value is -1.27. The molecule has 18 heavy (non-hydrogen) atoms. The topological polar surface area (TPSA) is 55.5 Å². The highest BCUT2D eigenvalue weighted by molar-refractivity contribution is 5.36. The van der Waals surface area contributed by atoms with Gasteiger partial charge in [0, 0.05) is 23.6 Å². The van der Waals surface area contributed by atoms with Gasteiger partial charge in [-0.1, -0.05) is 32.0 Å². The molecule has 0 aliphatic carbocycles. The van der Waals surface area contributed by atoms with E-state index in [1.165, 1.54) is 18.2 Å². The fourth-order valence-electron chi connectivity index (χ4n) is 1.47. The molecular weight excluding hydrogens is 247 g/mol. The van der Waals surface area contributed by atoms with Gasteiger partial charge in [-0.3, -0.25) is 0 Å². The summed E-state index contributed by atoms with van der Waals surface area (Å²) in [6.45, 7) is 3.10. The van der Waals surface area contributed by atoms with Gasteiger partial charge in [-0.05, 0) is 6.07 Å². The number of halogens is 3. The summed E-state index contributed by atoms with van der Waals surface area (Å²) in [6.07, 6.45) is -4.76. The maximum absolute atomic E-state index is 12.3. The van der Waals surface area contributed by atoms with E-state index in [1.54, 1.807) is 19.9 Å². The average Bonchev–Trinajstić information content (AvgIpc) is 2.26. The third-order valence-corrected chi connectivity index (χ3v) is 2.73. The van der Waals surface area contributed by atoms with Crippen molar-refractivity contribution in [3.05, 3.63) is 29.8 Å². The summed E-state index contributed by atoms with van der Waals surface area (Å²) >= 11 is 0. The van der Waals surface area contributed by atoms with E-state index >= 15 is 0 Å². The Morgan fingerprint density at radius 1 is 1.28 bits per heavy atom. The minimum absolute atomic E-state index is 0.217. The molecule has 102 valence electrons. The van der Waals surface area contributed by atoms with E-state index in [0.29, 0.717) is 0 Å². The Morgan fingerprint density at radius 2 is 1.83 bits per heavy atom. The molecule has 0 saturated heterocycles. The molecule has 6 heteroatoms. The SMILES string of the molecule is CC(C)(CO)[C@@H](N)c1ccccc1OC(F)(F)F. The first-order valence-electron chi connectivity index (χ1n) is 5.38. The number of nitrogens with two attached hydrogens (primary N) is 1. The quantitative estimate of drug-likeness (QED) is 0.878. The van der Waals surface area contributed by atoms with E-state index in [-0.39, 0.29) is 17.9 Å². The summed E-state index contributed by atoms with van der Waals surface area (Å²) in [7, 11) is 0. The number of aliphatic hydroxyl groups excluding tert-OH is 1. The van der Waals surface area contributed by atoms with Crippen molar-refractivity contribution in [1.82, 2.24) is 0 Å². The average molecular weight is 263 g/mol. The molecule has 1 rings (SSSR count). The monoisotopic (exact) mass is 263 g/mol. The third-order valence-electron chi connectivity index (χ3n) is 2.73. The number of hydrogen-bond acceptors (Lipinski definition) is 3. The molecule has 0 amide bonds. The van der Waals surface area contributed by atoms with E-state index in [1.807, 2.05) is 0 Å². The van der Waals surface area contributed by atoms with Crippen molar-refractivity contribution in [1.29, 1.82) is 0 Å². The number of para-hydroxylation sites is 1. The predicted octanol–water partition coefficient (Wildman–Crippen LogP) is 2.60. The van der Waals surface area contributed by atoms with Crippen molar-refractivity contribution in [2.24, 2.45) is 11.1 Å². The Bertz CT molecular complexity index is 405. The first-order chi connectivity index (χ1) is 8.17. The number of benzene rings is 1. The lowest BCUT2D eigenvalue weighted by molar-refractivity contribution is -0.275. The molecule has 0 aromatic heterocycles. The second kappa shape index (κ2) is 5.16. The lowest BCUT2D eigenvalue weighted by Crippen LogP contribution is -2.33. The fourth-order valence-corrected chi connectivity index (χ4v) is 1.47. The Balaban J connectivity index is 3.09. The molecule has 0 fully saturated rings. The van der Waals surface area contributed by atoms with E-state index < -0.39 is 17.8 Å². The van der Waals surface area contributed by atoms with Gasteiger partial charge in [0.15, 0.2) is 0 Å². The largest absolute Gasteiger partial charge is 0.573 e. The molecule has 0 bridgehead atoms. The van der Waals surface area contributed by atoms with Crippen LogP contribution in [0.15, 0.2) is 24.3 Å². The standard InChI is InChI=1S/C12H16F3NO2/c1-11(2,7-17)10(16)8-5-3-4-6-9(8)18-12(13,14)15/h3-6,10,17H,7,16H2,1-2H3/t10-/m0/s1. The van der Waals surface area contributed by atoms with Crippen molar-refractivity contribution in [2.75, 3.05) is 6.61 Å². The lowest BCUT2D eigenvalue weighted by atomic mass is 9.81. The number of ether oxygens (including phenoxy) is 1. The molecule has 0 aliphatic rings. The number of rotatable bonds is 4. The highest BCUT2D eigenvalue weighted by atomic mass is 19.4. The second-order valence-corrected chi connectivity index (χ2v) is 4.71. The molecule has 3 N–H and O–H groups in total. The number of aliphatic hydroxyl groups is 1. The first kappa shape index (κ1) is 14.8.